The molecule has 1 unspecified atom stereocenters. The predicted octanol–water partition coefficient (Wildman–Crippen LogP) is 2.64. The van der Waals surface area contributed by atoms with E-state index in [2.05, 4.69) is 17.1 Å². The van der Waals surface area contributed by atoms with Crippen LogP contribution >= 0.6 is 0 Å². The van der Waals surface area contributed by atoms with Gasteiger partial charge in [0.2, 0.25) is 6.41 Å². The first-order chi connectivity index (χ1) is 13.7. The minimum atomic E-state index is -0.0858. The van der Waals surface area contributed by atoms with Gasteiger partial charge in [0.15, 0.2) is 0 Å². The van der Waals surface area contributed by atoms with E-state index in [1.807, 2.05) is 56.8 Å². The maximum atomic E-state index is 13.3. The molecule has 3 aromatic rings. The zero-order valence-electron chi connectivity index (χ0n) is 15.8. The van der Waals surface area contributed by atoms with Gasteiger partial charge in [-0.3, -0.25) is 9.59 Å². The number of hydrogen-bond acceptors (Lipinski definition) is 3. The van der Waals surface area contributed by atoms with Crippen LogP contribution in [0.1, 0.15) is 28.9 Å². The number of hydrogen-bond donors (Lipinski definition) is 0. The van der Waals surface area contributed by atoms with Crippen molar-refractivity contribution in [2.75, 3.05) is 19.6 Å². The van der Waals surface area contributed by atoms with E-state index in [-0.39, 0.29) is 11.9 Å². The van der Waals surface area contributed by atoms with E-state index in [0.29, 0.717) is 18.8 Å². The second kappa shape index (κ2) is 8.25. The highest BCUT2D eigenvalue weighted by atomic mass is 16.2. The van der Waals surface area contributed by atoms with E-state index < -0.39 is 0 Å². The number of imidazole rings is 1. The van der Waals surface area contributed by atoms with Crippen molar-refractivity contribution in [2.24, 2.45) is 0 Å². The van der Waals surface area contributed by atoms with Crippen LogP contribution in [0.25, 0.3) is 5.65 Å². The number of benzene rings is 1. The van der Waals surface area contributed by atoms with Crippen LogP contribution in [-0.4, -0.2) is 57.2 Å². The lowest BCUT2D eigenvalue weighted by Gasteiger charge is -2.28. The fraction of sp³-hybridized carbons (Fsp3) is 0.318. The lowest BCUT2D eigenvalue weighted by molar-refractivity contribution is -0.119. The SMILES string of the molecule is O=CN1CCCC1CN(CCc1ccccc1)C(=O)c1cn2ccccc2n1. The molecule has 144 valence electrons. The molecule has 0 saturated carbocycles. The molecule has 6 nitrogen and oxygen atoms in total. The second-order valence-electron chi connectivity index (χ2n) is 7.22. The van der Waals surface area contributed by atoms with E-state index in [9.17, 15) is 9.59 Å². The Morgan fingerprint density at radius 3 is 2.79 bits per heavy atom. The summed E-state index contributed by atoms with van der Waals surface area (Å²) in [5.41, 5.74) is 2.38. The first kappa shape index (κ1) is 18.2. The van der Waals surface area contributed by atoms with Gasteiger partial charge in [-0.1, -0.05) is 36.4 Å². The van der Waals surface area contributed by atoms with E-state index >= 15 is 0 Å². The molecule has 2 amide bonds. The largest absolute Gasteiger partial charge is 0.340 e. The van der Waals surface area contributed by atoms with Crippen LogP contribution in [0.3, 0.4) is 0 Å². The number of nitrogens with zero attached hydrogens (tertiary/aromatic N) is 4. The average molecular weight is 376 g/mol. The fourth-order valence-corrected chi connectivity index (χ4v) is 3.83. The molecule has 2 aromatic heterocycles. The summed E-state index contributed by atoms with van der Waals surface area (Å²) in [5.74, 6) is -0.0858. The lowest BCUT2D eigenvalue weighted by atomic mass is 10.1. The summed E-state index contributed by atoms with van der Waals surface area (Å²) in [5, 5.41) is 0. The van der Waals surface area contributed by atoms with Crippen molar-refractivity contribution < 1.29 is 9.59 Å². The van der Waals surface area contributed by atoms with E-state index in [1.54, 1.807) is 6.20 Å². The number of likely N-dealkylation sites (tertiary alicyclic amines) is 1. The molecule has 1 aliphatic rings. The standard InChI is InChI=1S/C22H24N4O2/c27-17-26-13-6-9-19(26)15-25(14-11-18-7-2-1-3-8-18)22(28)20-16-24-12-5-4-10-21(24)23-20/h1-5,7-8,10,12,16-17,19H,6,9,11,13-15H2. The molecule has 1 fully saturated rings. The molecule has 0 aliphatic carbocycles. The summed E-state index contributed by atoms with van der Waals surface area (Å²) in [6.07, 6.45) is 7.26. The van der Waals surface area contributed by atoms with Gasteiger partial charge in [0.25, 0.3) is 5.91 Å². The third-order valence-corrected chi connectivity index (χ3v) is 5.37. The number of pyridine rings is 1. The summed E-state index contributed by atoms with van der Waals surface area (Å²) in [6, 6.07) is 15.9. The molecule has 0 bridgehead atoms. The van der Waals surface area contributed by atoms with Gasteiger partial charge >= 0.3 is 0 Å². The van der Waals surface area contributed by atoms with Gasteiger partial charge in [-0.2, -0.15) is 0 Å². The fourth-order valence-electron chi connectivity index (χ4n) is 3.83. The molecule has 0 N–H and O–H groups in total. The normalized spacial score (nSPS) is 16.4. The van der Waals surface area contributed by atoms with Crippen LogP contribution in [0.5, 0.6) is 0 Å². The Kier molecular flexibility index (Phi) is 5.37. The van der Waals surface area contributed by atoms with Crippen molar-refractivity contribution in [3.05, 3.63) is 72.2 Å². The predicted molar refractivity (Wildman–Crippen MR) is 107 cm³/mol. The van der Waals surface area contributed by atoms with Gasteiger partial charge in [0.05, 0.1) is 0 Å². The molecule has 4 rings (SSSR count). The Morgan fingerprint density at radius 1 is 1.18 bits per heavy atom. The summed E-state index contributed by atoms with van der Waals surface area (Å²) in [7, 11) is 0. The van der Waals surface area contributed by atoms with Gasteiger partial charge in [-0.25, -0.2) is 4.98 Å². The Labute approximate surface area is 164 Å². The van der Waals surface area contributed by atoms with Crippen LogP contribution in [0.2, 0.25) is 0 Å². The Hall–Kier alpha value is -3.15. The van der Waals surface area contributed by atoms with Crippen molar-refractivity contribution in [3.8, 4) is 0 Å². The van der Waals surface area contributed by atoms with Crippen molar-refractivity contribution >= 4 is 18.0 Å². The van der Waals surface area contributed by atoms with Crippen LogP contribution < -0.4 is 0 Å². The van der Waals surface area contributed by atoms with Crippen LogP contribution in [0.4, 0.5) is 0 Å². The molecule has 1 saturated heterocycles. The van der Waals surface area contributed by atoms with Crippen LogP contribution in [0, 0.1) is 0 Å². The molecule has 0 spiro atoms. The summed E-state index contributed by atoms with van der Waals surface area (Å²) in [6.45, 7) is 1.90. The second-order valence-corrected chi connectivity index (χ2v) is 7.22. The third kappa shape index (κ3) is 3.91. The number of aromatic nitrogens is 2. The summed E-state index contributed by atoms with van der Waals surface area (Å²) >= 11 is 0. The molecule has 6 heteroatoms. The highest BCUT2D eigenvalue weighted by molar-refractivity contribution is 5.93. The first-order valence-electron chi connectivity index (χ1n) is 9.72. The zero-order valence-corrected chi connectivity index (χ0v) is 15.8. The Bertz CT molecular complexity index is 920. The minimum absolute atomic E-state index is 0.0780. The molecule has 3 heterocycles. The Balaban J connectivity index is 1.55. The van der Waals surface area contributed by atoms with Crippen molar-refractivity contribution in [1.82, 2.24) is 19.2 Å². The van der Waals surface area contributed by atoms with E-state index in [0.717, 1.165) is 37.9 Å². The van der Waals surface area contributed by atoms with Gasteiger partial charge in [-0.15, -0.1) is 0 Å². The topological polar surface area (TPSA) is 57.9 Å². The maximum Gasteiger partial charge on any atom is 0.274 e. The van der Waals surface area contributed by atoms with Gasteiger partial charge in [0.1, 0.15) is 11.3 Å². The van der Waals surface area contributed by atoms with Gasteiger partial charge in [-0.05, 0) is 37.0 Å². The van der Waals surface area contributed by atoms with Crippen LogP contribution in [-0.2, 0) is 11.2 Å². The van der Waals surface area contributed by atoms with Crippen molar-refractivity contribution in [3.63, 3.8) is 0 Å². The van der Waals surface area contributed by atoms with E-state index in [4.69, 9.17) is 0 Å². The van der Waals surface area contributed by atoms with Crippen LogP contribution in [0.15, 0.2) is 60.9 Å². The van der Waals surface area contributed by atoms with Gasteiger partial charge in [0, 0.05) is 38.1 Å². The highest BCUT2D eigenvalue weighted by Gasteiger charge is 2.28. The number of fused-ring (bicyclic) bond motifs is 1. The maximum absolute atomic E-state index is 13.3. The summed E-state index contributed by atoms with van der Waals surface area (Å²) in [4.78, 5) is 32.8. The average Bonchev–Trinajstić information content (AvgIpc) is 3.37. The molecular weight excluding hydrogens is 352 g/mol. The smallest absolute Gasteiger partial charge is 0.274 e. The number of carbonyl (C=O) groups excluding carboxylic acids is 2. The minimum Gasteiger partial charge on any atom is -0.340 e. The monoisotopic (exact) mass is 376 g/mol. The molecular formula is C22H24N4O2. The quantitative estimate of drug-likeness (QED) is 0.596. The zero-order chi connectivity index (χ0) is 19.3. The van der Waals surface area contributed by atoms with Crippen molar-refractivity contribution in [1.29, 1.82) is 0 Å². The molecule has 1 aromatic carbocycles. The first-order valence-corrected chi connectivity index (χ1v) is 9.72. The third-order valence-electron chi connectivity index (χ3n) is 5.37. The highest BCUT2D eigenvalue weighted by Crippen LogP contribution is 2.18. The molecule has 1 aliphatic heterocycles. The molecule has 0 radical (unpaired) electrons. The molecule has 28 heavy (non-hydrogen) atoms. The number of rotatable bonds is 7. The lowest BCUT2D eigenvalue weighted by Crippen LogP contribution is -2.43. The summed E-state index contributed by atoms with van der Waals surface area (Å²) < 4.78 is 1.86. The molecule has 1 atom stereocenters. The number of amides is 2. The Morgan fingerprint density at radius 2 is 2.00 bits per heavy atom. The van der Waals surface area contributed by atoms with E-state index in [1.165, 1.54) is 5.56 Å². The van der Waals surface area contributed by atoms with Gasteiger partial charge < -0.3 is 14.2 Å². The van der Waals surface area contributed by atoms with Crippen molar-refractivity contribution in [2.45, 2.75) is 25.3 Å². The number of carbonyl (C=O) groups is 2.